The highest BCUT2D eigenvalue weighted by Crippen LogP contribution is 2.42. The number of furan rings is 1. The third-order valence-corrected chi connectivity index (χ3v) is 12.6. The third-order valence-electron chi connectivity index (χ3n) is 12.6. The van der Waals surface area contributed by atoms with E-state index < -0.39 is 0 Å². The predicted octanol–water partition coefficient (Wildman–Crippen LogP) is 15.5. The van der Waals surface area contributed by atoms with Crippen LogP contribution in [0.2, 0.25) is 0 Å². The van der Waals surface area contributed by atoms with E-state index in [4.69, 9.17) is 19.4 Å². The van der Waals surface area contributed by atoms with Crippen molar-refractivity contribution in [1.82, 2.24) is 19.5 Å². The first kappa shape index (κ1) is 36.0. The van der Waals surface area contributed by atoms with Crippen LogP contribution in [0, 0.1) is 0 Å². The van der Waals surface area contributed by atoms with Crippen LogP contribution in [0.4, 0.5) is 0 Å². The van der Waals surface area contributed by atoms with Gasteiger partial charge in [-0.15, -0.1) is 0 Å². The Bertz CT molecular complexity index is 3850. The van der Waals surface area contributed by atoms with Crippen molar-refractivity contribution in [3.63, 3.8) is 0 Å². The number of para-hydroxylation sites is 1. The fraction of sp³-hybridized carbons (Fsp3) is 0. The van der Waals surface area contributed by atoms with Crippen LogP contribution in [0.3, 0.4) is 0 Å². The molecule has 0 fully saturated rings. The quantitative estimate of drug-likeness (QED) is 0.168. The molecular formula is C59H36N4O. The monoisotopic (exact) mass is 816 g/mol. The first-order valence-corrected chi connectivity index (χ1v) is 21.6. The van der Waals surface area contributed by atoms with Crippen LogP contribution in [0.1, 0.15) is 0 Å². The van der Waals surface area contributed by atoms with Crippen LogP contribution >= 0.6 is 0 Å². The second-order valence-electron chi connectivity index (χ2n) is 16.4. The molecule has 0 spiro atoms. The van der Waals surface area contributed by atoms with Gasteiger partial charge >= 0.3 is 0 Å². The topological polar surface area (TPSA) is 56.7 Å². The molecule has 5 heteroatoms. The molecule has 3 aromatic heterocycles. The van der Waals surface area contributed by atoms with Gasteiger partial charge in [-0.1, -0.05) is 152 Å². The minimum Gasteiger partial charge on any atom is -0.456 e. The van der Waals surface area contributed by atoms with Gasteiger partial charge < -0.3 is 8.98 Å². The number of rotatable bonds is 6. The molecule has 0 aliphatic rings. The standard InChI is InChI=1S/C59H36N4O/c1-3-13-37(14-4-1)38-23-25-39(26-24-38)48-33-45(27-29-52(48)63-53-35-43-19-9-7-17-41(43)31-49(53)50-32-42-18-8-10-20-44(42)36-54(50)63)58-60-57(40-15-5-2-6-16-40)61-59(62-58)46-28-30-56-51(34-46)47-21-11-12-22-55(47)64-56/h1-36H. The zero-order chi connectivity index (χ0) is 42.1. The van der Waals surface area contributed by atoms with E-state index in [0.29, 0.717) is 17.5 Å². The van der Waals surface area contributed by atoms with Gasteiger partial charge in [0.15, 0.2) is 17.5 Å². The molecule has 298 valence electrons. The summed E-state index contributed by atoms with van der Waals surface area (Å²) < 4.78 is 8.65. The fourth-order valence-corrected chi connectivity index (χ4v) is 9.44. The van der Waals surface area contributed by atoms with Gasteiger partial charge in [-0.05, 0) is 105 Å². The Morgan fingerprint density at radius 2 is 0.750 bits per heavy atom. The van der Waals surface area contributed by atoms with Crippen LogP contribution in [-0.2, 0) is 0 Å². The molecule has 0 atom stereocenters. The Hall–Kier alpha value is -8.67. The van der Waals surface area contributed by atoms with Gasteiger partial charge in [0.05, 0.1) is 16.7 Å². The van der Waals surface area contributed by atoms with Gasteiger partial charge in [-0.25, -0.2) is 15.0 Å². The molecule has 0 unspecified atom stereocenters. The van der Waals surface area contributed by atoms with E-state index in [1.54, 1.807) is 0 Å². The van der Waals surface area contributed by atoms with E-state index in [0.717, 1.165) is 72.0 Å². The highest BCUT2D eigenvalue weighted by molar-refractivity contribution is 6.17. The van der Waals surface area contributed by atoms with E-state index in [1.165, 1.54) is 37.9 Å². The lowest BCUT2D eigenvalue weighted by Crippen LogP contribution is -2.02. The molecule has 5 nitrogen and oxygen atoms in total. The lowest BCUT2D eigenvalue weighted by atomic mass is 9.97. The number of benzene rings is 10. The first-order chi connectivity index (χ1) is 31.7. The van der Waals surface area contributed by atoms with E-state index in [2.05, 4.69) is 162 Å². The predicted molar refractivity (Wildman–Crippen MR) is 264 cm³/mol. The Balaban J connectivity index is 1.06. The maximum Gasteiger partial charge on any atom is 0.164 e. The Kier molecular flexibility index (Phi) is 8.15. The molecule has 13 aromatic rings. The average molecular weight is 817 g/mol. The molecule has 0 saturated heterocycles. The van der Waals surface area contributed by atoms with E-state index in [9.17, 15) is 0 Å². The Morgan fingerprint density at radius 3 is 1.39 bits per heavy atom. The number of nitrogens with zero attached hydrogens (tertiary/aromatic N) is 4. The third kappa shape index (κ3) is 5.98. The molecule has 0 N–H and O–H groups in total. The van der Waals surface area contributed by atoms with Gasteiger partial charge in [-0.3, -0.25) is 0 Å². The van der Waals surface area contributed by atoms with Crippen LogP contribution in [0.15, 0.2) is 223 Å². The fourth-order valence-electron chi connectivity index (χ4n) is 9.44. The first-order valence-electron chi connectivity index (χ1n) is 21.6. The lowest BCUT2D eigenvalue weighted by Gasteiger charge is -2.17. The maximum atomic E-state index is 6.20. The van der Waals surface area contributed by atoms with Crippen LogP contribution < -0.4 is 0 Å². The molecule has 64 heavy (non-hydrogen) atoms. The average Bonchev–Trinajstić information content (AvgIpc) is 3.89. The Labute approximate surface area is 368 Å². The minimum atomic E-state index is 0.592. The van der Waals surface area contributed by atoms with Gasteiger partial charge in [0, 0.05) is 43.8 Å². The number of hydrogen-bond donors (Lipinski definition) is 0. The van der Waals surface area contributed by atoms with Crippen molar-refractivity contribution in [1.29, 1.82) is 0 Å². The minimum absolute atomic E-state index is 0.592. The van der Waals surface area contributed by atoms with E-state index >= 15 is 0 Å². The molecular weight excluding hydrogens is 781 g/mol. The molecule has 0 amide bonds. The van der Waals surface area contributed by atoms with Gasteiger partial charge in [0.2, 0.25) is 0 Å². The zero-order valence-electron chi connectivity index (χ0n) is 34.5. The highest BCUT2D eigenvalue weighted by Gasteiger charge is 2.21. The summed E-state index contributed by atoms with van der Waals surface area (Å²) in [7, 11) is 0. The highest BCUT2D eigenvalue weighted by atomic mass is 16.3. The largest absolute Gasteiger partial charge is 0.456 e. The summed E-state index contributed by atoms with van der Waals surface area (Å²) in [5.41, 5.74) is 12.2. The van der Waals surface area contributed by atoms with Gasteiger partial charge in [0.25, 0.3) is 0 Å². The van der Waals surface area contributed by atoms with Crippen molar-refractivity contribution in [3.8, 4) is 62.1 Å². The molecule has 3 heterocycles. The molecule has 0 aliphatic carbocycles. The second kappa shape index (κ2) is 14.5. The van der Waals surface area contributed by atoms with Crippen molar-refractivity contribution >= 4 is 65.3 Å². The summed E-state index contributed by atoms with van der Waals surface area (Å²) in [5.74, 6) is 1.79. The summed E-state index contributed by atoms with van der Waals surface area (Å²) >= 11 is 0. The number of hydrogen-bond acceptors (Lipinski definition) is 4. The van der Waals surface area contributed by atoms with Crippen LogP contribution in [0.25, 0.3) is 127 Å². The normalized spacial score (nSPS) is 11.8. The van der Waals surface area contributed by atoms with Gasteiger partial charge in [0.1, 0.15) is 11.2 Å². The molecule has 0 radical (unpaired) electrons. The summed E-state index contributed by atoms with van der Waals surface area (Å²) in [5, 5.41) is 9.33. The van der Waals surface area contributed by atoms with E-state index in [-0.39, 0.29) is 0 Å². The smallest absolute Gasteiger partial charge is 0.164 e. The van der Waals surface area contributed by atoms with Crippen LogP contribution in [0.5, 0.6) is 0 Å². The van der Waals surface area contributed by atoms with Gasteiger partial charge in [-0.2, -0.15) is 0 Å². The molecule has 0 bridgehead atoms. The Morgan fingerprint density at radius 1 is 0.297 bits per heavy atom. The molecule has 0 aliphatic heterocycles. The summed E-state index contributed by atoms with van der Waals surface area (Å²) in [6.45, 7) is 0. The van der Waals surface area contributed by atoms with Crippen molar-refractivity contribution in [3.05, 3.63) is 218 Å². The summed E-state index contributed by atoms with van der Waals surface area (Å²) in [6.07, 6.45) is 0. The summed E-state index contributed by atoms with van der Waals surface area (Å²) in [6, 6.07) is 77.3. The lowest BCUT2D eigenvalue weighted by molar-refractivity contribution is 0.669. The molecule has 10 aromatic carbocycles. The van der Waals surface area contributed by atoms with Crippen molar-refractivity contribution < 1.29 is 4.42 Å². The summed E-state index contributed by atoms with van der Waals surface area (Å²) in [4.78, 5) is 15.6. The SMILES string of the molecule is c1ccc(-c2ccc(-c3cc(-c4nc(-c5ccccc5)nc(-c5ccc6oc7ccccc7c6c5)n4)ccc3-n3c4cc5ccccc5cc4c4cc5ccccc5cc43)cc2)cc1. The second-order valence-corrected chi connectivity index (χ2v) is 16.4. The van der Waals surface area contributed by atoms with Crippen molar-refractivity contribution in [2.75, 3.05) is 0 Å². The zero-order valence-corrected chi connectivity index (χ0v) is 34.5. The molecule has 13 rings (SSSR count). The number of aromatic nitrogens is 4. The van der Waals surface area contributed by atoms with Crippen LogP contribution in [-0.4, -0.2) is 19.5 Å². The van der Waals surface area contributed by atoms with Crippen molar-refractivity contribution in [2.24, 2.45) is 0 Å². The molecule has 0 saturated carbocycles. The van der Waals surface area contributed by atoms with Crippen molar-refractivity contribution in [2.45, 2.75) is 0 Å². The van der Waals surface area contributed by atoms with E-state index in [1.807, 2.05) is 60.7 Å². The maximum absolute atomic E-state index is 6.20. The number of fused-ring (bicyclic) bond motifs is 8.